The van der Waals surface area contributed by atoms with Gasteiger partial charge in [0.05, 0.1) is 4.88 Å². The van der Waals surface area contributed by atoms with Gasteiger partial charge in [-0.2, -0.15) is 0 Å². The second kappa shape index (κ2) is 5.85. The fourth-order valence-corrected chi connectivity index (χ4v) is 2.89. The normalized spacial score (nSPS) is 10.7. The van der Waals surface area contributed by atoms with Crippen LogP contribution < -0.4 is 10.1 Å². The Morgan fingerprint density at radius 2 is 1.65 bits per heavy atom. The van der Waals surface area contributed by atoms with Crippen molar-refractivity contribution >= 4 is 33.7 Å². The maximum absolute atomic E-state index is 13.2. The molecule has 0 spiro atoms. The van der Waals surface area contributed by atoms with Crippen LogP contribution in [0.4, 0.5) is 18.9 Å². The lowest BCUT2D eigenvalue weighted by Gasteiger charge is -2.06. The zero-order valence-electron chi connectivity index (χ0n) is 11.4. The van der Waals surface area contributed by atoms with Gasteiger partial charge >= 0.3 is 0 Å². The summed E-state index contributed by atoms with van der Waals surface area (Å²) in [6, 6.07) is 9.59. The zero-order valence-corrected chi connectivity index (χ0v) is 12.2. The van der Waals surface area contributed by atoms with E-state index in [9.17, 15) is 22.8 Å². The minimum absolute atomic E-state index is 0.0823. The van der Waals surface area contributed by atoms with E-state index in [2.05, 4.69) is 5.32 Å². The first-order chi connectivity index (χ1) is 11.0. The summed E-state index contributed by atoms with van der Waals surface area (Å²) in [7, 11) is 0. The van der Waals surface area contributed by atoms with E-state index < -0.39 is 23.4 Å². The molecule has 0 saturated carbocycles. The number of halogens is 3. The fourth-order valence-electron chi connectivity index (χ4n) is 2.07. The van der Waals surface area contributed by atoms with Crippen molar-refractivity contribution in [1.29, 1.82) is 0 Å². The van der Waals surface area contributed by atoms with Crippen LogP contribution in [0.15, 0.2) is 47.3 Å². The summed E-state index contributed by atoms with van der Waals surface area (Å²) in [5.74, 6) is -5.14. The van der Waals surface area contributed by atoms with Gasteiger partial charge in [-0.15, -0.1) is 0 Å². The van der Waals surface area contributed by atoms with Gasteiger partial charge in [0.2, 0.25) is 4.74 Å². The van der Waals surface area contributed by atoms with Crippen molar-refractivity contribution in [2.75, 3.05) is 5.32 Å². The Kier molecular flexibility index (Phi) is 3.87. The summed E-state index contributed by atoms with van der Waals surface area (Å²) < 4.78 is 38.9. The lowest BCUT2D eigenvalue weighted by molar-refractivity contribution is 0.103. The van der Waals surface area contributed by atoms with E-state index in [1.165, 1.54) is 6.07 Å². The molecule has 2 aromatic carbocycles. The van der Waals surface area contributed by atoms with Gasteiger partial charge in [0.1, 0.15) is 0 Å². The Balaban J connectivity index is 1.96. The second-order valence-electron chi connectivity index (χ2n) is 4.69. The molecule has 0 aliphatic rings. The van der Waals surface area contributed by atoms with E-state index in [4.69, 9.17) is 0 Å². The molecule has 116 valence electrons. The molecular weight excluding hydrogens is 327 g/mol. The van der Waals surface area contributed by atoms with Crippen LogP contribution in [0.1, 0.15) is 9.67 Å². The van der Waals surface area contributed by atoms with E-state index >= 15 is 0 Å². The third-order valence-corrected chi connectivity index (χ3v) is 4.06. The number of nitrogens with one attached hydrogen (secondary N) is 1. The Morgan fingerprint density at radius 3 is 2.35 bits per heavy atom. The highest BCUT2D eigenvalue weighted by molar-refractivity contribution is 7.12. The van der Waals surface area contributed by atoms with Gasteiger partial charge < -0.3 is 5.32 Å². The molecule has 0 saturated heterocycles. The lowest BCUT2D eigenvalue weighted by Crippen LogP contribution is -2.13. The van der Waals surface area contributed by atoms with Crippen LogP contribution in [0.5, 0.6) is 0 Å². The molecule has 0 aliphatic heterocycles. The van der Waals surface area contributed by atoms with Gasteiger partial charge in [0.25, 0.3) is 5.91 Å². The van der Waals surface area contributed by atoms with Crippen LogP contribution in [0.2, 0.25) is 0 Å². The molecule has 1 heterocycles. The topological polar surface area (TPSA) is 46.2 Å². The highest BCUT2D eigenvalue weighted by Gasteiger charge is 2.14. The van der Waals surface area contributed by atoms with Crippen LogP contribution in [0, 0.1) is 17.5 Å². The van der Waals surface area contributed by atoms with Crippen LogP contribution in [-0.4, -0.2) is 5.91 Å². The predicted octanol–water partition coefficient (Wildman–Crippen LogP) is 3.93. The van der Waals surface area contributed by atoms with Crippen molar-refractivity contribution in [1.82, 2.24) is 0 Å². The third-order valence-electron chi connectivity index (χ3n) is 3.14. The number of carbonyl (C=O) groups is 1. The molecule has 3 nitrogen and oxygen atoms in total. The van der Waals surface area contributed by atoms with Crippen LogP contribution in [0.25, 0.3) is 10.8 Å². The quantitative estimate of drug-likeness (QED) is 0.721. The predicted molar refractivity (Wildman–Crippen MR) is 82.4 cm³/mol. The largest absolute Gasteiger partial charge is 0.321 e. The Hall–Kier alpha value is -2.67. The smallest absolute Gasteiger partial charge is 0.265 e. The maximum Gasteiger partial charge on any atom is 0.265 e. The number of rotatable bonds is 2. The molecule has 0 radical (unpaired) electrons. The van der Waals surface area contributed by atoms with Crippen molar-refractivity contribution in [2.24, 2.45) is 0 Å². The van der Waals surface area contributed by atoms with Gasteiger partial charge in [-0.3, -0.25) is 9.59 Å². The molecule has 1 aromatic heterocycles. The molecule has 3 rings (SSSR count). The zero-order chi connectivity index (χ0) is 16.6. The molecule has 23 heavy (non-hydrogen) atoms. The first-order valence-corrected chi connectivity index (χ1v) is 7.26. The molecule has 7 heteroatoms. The van der Waals surface area contributed by atoms with E-state index in [0.29, 0.717) is 34.2 Å². The van der Waals surface area contributed by atoms with Crippen LogP contribution >= 0.6 is 11.3 Å². The number of hydrogen-bond acceptors (Lipinski definition) is 3. The standard InChI is InChI=1S/C16H8F3NO2S/c17-11-6-9(7-12(18)14(11)19)20-15(21)13-5-8-3-1-2-4-10(8)16(22)23-13/h1-7H,(H,20,21). The molecule has 0 fully saturated rings. The first kappa shape index (κ1) is 15.2. The highest BCUT2D eigenvalue weighted by Crippen LogP contribution is 2.20. The van der Waals surface area contributed by atoms with Crippen molar-refractivity contribution in [3.63, 3.8) is 0 Å². The second-order valence-corrected chi connectivity index (χ2v) is 5.71. The summed E-state index contributed by atoms with van der Waals surface area (Å²) >= 11 is 0.717. The minimum atomic E-state index is -1.61. The number of hydrogen-bond donors (Lipinski definition) is 1. The van der Waals surface area contributed by atoms with E-state index in [1.54, 1.807) is 24.3 Å². The summed E-state index contributed by atoms with van der Waals surface area (Å²) in [5, 5.41) is 3.31. The molecule has 0 aliphatic carbocycles. The maximum atomic E-state index is 13.2. The number of carbonyl (C=O) groups excluding carboxylic acids is 1. The molecule has 1 N–H and O–H groups in total. The highest BCUT2D eigenvalue weighted by atomic mass is 32.1. The van der Waals surface area contributed by atoms with Gasteiger partial charge in [-0.25, -0.2) is 13.2 Å². The molecule has 0 bridgehead atoms. The van der Waals surface area contributed by atoms with Gasteiger partial charge in [0.15, 0.2) is 17.5 Å². The Morgan fingerprint density at radius 1 is 1.00 bits per heavy atom. The summed E-state index contributed by atoms with van der Waals surface area (Å²) in [5.41, 5.74) is -0.237. The monoisotopic (exact) mass is 335 g/mol. The molecular formula is C16H8F3NO2S. The van der Waals surface area contributed by atoms with Crippen molar-refractivity contribution < 1.29 is 18.0 Å². The van der Waals surface area contributed by atoms with Crippen LogP contribution in [0.3, 0.4) is 0 Å². The SMILES string of the molecule is O=C(Nc1cc(F)c(F)c(F)c1)c1cc2ccccc2c(=O)s1. The van der Waals surface area contributed by atoms with Crippen molar-refractivity contribution in [3.8, 4) is 0 Å². The average Bonchev–Trinajstić information content (AvgIpc) is 2.52. The molecule has 3 aromatic rings. The number of amides is 1. The van der Waals surface area contributed by atoms with E-state index in [1.807, 2.05) is 0 Å². The van der Waals surface area contributed by atoms with Crippen LogP contribution in [-0.2, 0) is 0 Å². The number of anilines is 1. The summed E-state index contributed by atoms with van der Waals surface area (Å²) in [6.45, 7) is 0. The van der Waals surface area contributed by atoms with Crippen molar-refractivity contribution in [2.45, 2.75) is 0 Å². The summed E-state index contributed by atoms with van der Waals surface area (Å²) in [4.78, 5) is 24.2. The van der Waals surface area contributed by atoms with Gasteiger partial charge in [-0.05, 0) is 17.5 Å². The van der Waals surface area contributed by atoms with E-state index in [0.717, 1.165) is 0 Å². The van der Waals surface area contributed by atoms with E-state index in [-0.39, 0.29) is 15.3 Å². The van der Waals surface area contributed by atoms with Crippen molar-refractivity contribution in [3.05, 3.63) is 74.3 Å². The molecule has 0 unspecified atom stereocenters. The van der Waals surface area contributed by atoms with Gasteiger partial charge in [0, 0.05) is 23.2 Å². The first-order valence-electron chi connectivity index (χ1n) is 6.44. The fraction of sp³-hybridized carbons (Fsp3) is 0. The third kappa shape index (κ3) is 2.95. The molecule has 1 amide bonds. The minimum Gasteiger partial charge on any atom is -0.321 e. The van der Waals surface area contributed by atoms with Gasteiger partial charge in [-0.1, -0.05) is 29.5 Å². The Bertz CT molecular complexity index is 961. The average molecular weight is 335 g/mol. The lowest BCUT2D eigenvalue weighted by atomic mass is 10.2. The summed E-state index contributed by atoms with van der Waals surface area (Å²) in [6.07, 6.45) is 0. The number of fused-ring (bicyclic) bond motifs is 1. The number of benzene rings is 2. The molecule has 0 atom stereocenters. The Labute approximate surface area is 132 Å².